The Balaban J connectivity index is 2.71. The maximum Gasteiger partial charge on any atom is 0.409 e. The molecule has 1 rings (SSSR count). The lowest BCUT2D eigenvalue weighted by atomic mass is 10.3. The second-order valence-corrected chi connectivity index (χ2v) is 2.13. The van der Waals surface area contributed by atoms with Crippen molar-refractivity contribution < 1.29 is 15.0 Å². The van der Waals surface area contributed by atoms with Crippen molar-refractivity contribution in [2.45, 2.75) is 6.61 Å². The molecule has 0 atom stereocenters. The summed E-state index contributed by atoms with van der Waals surface area (Å²) in [5.41, 5.74) is 0.894. The van der Waals surface area contributed by atoms with Gasteiger partial charge >= 0.3 is 6.09 Å². The SMILES string of the molecule is O=C(O)Nc1ccc(CO)nc1. The summed E-state index contributed by atoms with van der Waals surface area (Å²) in [7, 11) is 0. The summed E-state index contributed by atoms with van der Waals surface area (Å²) in [6.07, 6.45) is 0.216. The molecule has 1 aromatic heterocycles. The molecule has 0 aliphatic carbocycles. The quantitative estimate of drug-likeness (QED) is 0.605. The minimum absolute atomic E-state index is 0.145. The fraction of sp³-hybridized carbons (Fsp3) is 0.143. The van der Waals surface area contributed by atoms with E-state index in [1.54, 1.807) is 6.07 Å². The number of nitrogens with zero attached hydrogens (tertiary/aromatic N) is 1. The summed E-state index contributed by atoms with van der Waals surface area (Å²) in [6.45, 7) is -0.145. The standard InChI is InChI=1S/C7H8N2O3/c10-4-6-2-1-5(3-8-6)9-7(11)12/h1-3,9-10H,4H2,(H,11,12). The van der Waals surface area contributed by atoms with E-state index in [9.17, 15) is 4.79 Å². The van der Waals surface area contributed by atoms with Crippen LogP contribution in [0.5, 0.6) is 0 Å². The molecule has 3 N–H and O–H groups in total. The maximum absolute atomic E-state index is 10.1. The number of carboxylic acid groups (broad SMARTS) is 1. The average Bonchev–Trinajstić information content (AvgIpc) is 2.05. The van der Waals surface area contributed by atoms with Gasteiger partial charge in [-0.1, -0.05) is 0 Å². The molecule has 1 aromatic rings. The molecule has 5 heteroatoms. The van der Waals surface area contributed by atoms with Gasteiger partial charge in [0, 0.05) is 0 Å². The normalized spacial score (nSPS) is 9.42. The predicted octanol–water partition coefficient (Wildman–Crippen LogP) is 0.664. The third-order valence-corrected chi connectivity index (χ3v) is 1.24. The van der Waals surface area contributed by atoms with Gasteiger partial charge in [-0.15, -0.1) is 0 Å². The number of anilines is 1. The van der Waals surface area contributed by atoms with E-state index < -0.39 is 6.09 Å². The van der Waals surface area contributed by atoms with Crippen LogP contribution in [-0.2, 0) is 6.61 Å². The molecule has 0 radical (unpaired) electrons. The minimum atomic E-state index is -1.13. The molecule has 0 unspecified atom stereocenters. The lowest BCUT2D eigenvalue weighted by Gasteiger charge is -1.99. The van der Waals surface area contributed by atoms with Crippen LogP contribution in [0.1, 0.15) is 5.69 Å². The van der Waals surface area contributed by atoms with Gasteiger partial charge < -0.3 is 10.2 Å². The van der Waals surface area contributed by atoms with Crippen LogP contribution < -0.4 is 5.32 Å². The van der Waals surface area contributed by atoms with Gasteiger partial charge in [-0.3, -0.25) is 10.3 Å². The molecule has 0 aliphatic heterocycles. The van der Waals surface area contributed by atoms with Crippen molar-refractivity contribution in [3.8, 4) is 0 Å². The van der Waals surface area contributed by atoms with E-state index >= 15 is 0 Å². The van der Waals surface area contributed by atoms with Crippen molar-refractivity contribution in [1.29, 1.82) is 0 Å². The highest BCUT2D eigenvalue weighted by Crippen LogP contribution is 2.05. The van der Waals surface area contributed by atoms with Crippen molar-refractivity contribution >= 4 is 11.8 Å². The summed E-state index contributed by atoms with van der Waals surface area (Å²) in [4.78, 5) is 13.9. The number of aromatic nitrogens is 1. The molecule has 5 nitrogen and oxygen atoms in total. The molecule has 0 aromatic carbocycles. The Morgan fingerprint density at radius 3 is 2.75 bits per heavy atom. The summed E-state index contributed by atoms with van der Waals surface area (Å²) < 4.78 is 0. The second-order valence-electron chi connectivity index (χ2n) is 2.13. The first-order valence-corrected chi connectivity index (χ1v) is 3.28. The number of rotatable bonds is 2. The van der Waals surface area contributed by atoms with Crippen LogP contribution in [0, 0.1) is 0 Å². The first-order chi connectivity index (χ1) is 5.72. The molecule has 64 valence electrons. The molecule has 0 saturated heterocycles. The minimum Gasteiger partial charge on any atom is -0.465 e. The van der Waals surface area contributed by atoms with Gasteiger partial charge in [-0.2, -0.15) is 0 Å². The van der Waals surface area contributed by atoms with Crippen LogP contribution in [-0.4, -0.2) is 21.3 Å². The summed E-state index contributed by atoms with van der Waals surface area (Å²) >= 11 is 0. The molecule has 0 saturated carbocycles. The van der Waals surface area contributed by atoms with Crippen LogP contribution in [0.25, 0.3) is 0 Å². The molecule has 0 bridgehead atoms. The van der Waals surface area contributed by atoms with Crippen LogP contribution in [0.3, 0.4) is 0 Å². The zero-order valence-electron chi connectivity index (χ0n) is 6.19. The molecule has 1 heterocycles. The van der Waals surface area contributed by atoms with E-state index in [1.165, 1.54) is 12.3 Å². The van der Waals surface area contributed by atoms with Crippen LogP contribution in [0.4, 0.5) is 10.5 Å². The molecule has 0 fully saturated rings. The van der Waals surface area contributed by atoms with Gasteiger partial charge in [0.25, 0.3) is 0 Å². The Labute approximate surface area is 68.7 Å². The highest BCUT2D eigenvalue weighted by Gasteiger charge is 1.97. The van der Waals surface area contributed by atoms with Gasteiger partial charge in [0.05, 0.1) is 24.2 Å². The maximum atomic E-state index is 10.1. The van der Waals surface area contributed by atoms with Gasteiger partial charge in [0.1, 0.15) is 0 Å². The van der Waals surface area contributed by atoms with E-state index in [4.69, 9.17) is 10.2 Å². The third-order valence-electron chi connectivity index (χ3n) is 1.24. The summed E-state index contributed by atoms with van der Waals surface area (Å²) in [5, 5.41) is 19.0. The first-order valence-electron chi connectivity index (χ1n) is 3.28. The average molecular weight is 168 g/mol. The zero-order valence-corrected chi connectivity index (χ0v) is 6.19. The van der Waals surface area contributed by atoms with E-state index in [0.29, 0.717) is 11.4 Å². The van der Waals surface area contributed by atoms with Gasteiger partial charge in [0.15, 0.2) is 0 Å². The number of aliphatic hydroxyl groups excluding tert-OH is 1. The molecule has 1 amide bonds. The fourth-order valence-electron chi connectivity index (χ4n) is 0.715. The van der Waals surface area contributed by atoms with Crippen molar-refractivity contribution in [2.24, 2.45) is 0 Å². The Bertz CT molecular complexity index is 270. The second kappa shape index (κ2) is 3.68. The van der Waals surface area contributed by atoms with E-state index in [2.05, 4.69) is 10.3 Å². The molecular weight excluding hydrogens is 160 g/mol. The molecule has 0 spiro atoms. The lowest BCUT2D eigenvalue weighted by molar-refractivity contribution is 0.209. The number of pyridine rings is 1. The first kappa shape index (κ1) is 8.48. The summed E-state index contributed by atoms with van der Waals surface area (Å²) in [6, 6.07) is 3.08. The van der Waals surface area contributed by atoms with Crippen LogP contribution in [0.2, 0.25) is 0 Å². The van der Waals surface area contributed by atoms with Crippen LogP contribution >= 0.6 is 0 Å². The largest absolute Gasteiger partial charge is 0.465 e. The number of nitrogens with one attached hydrogen (secondary N) is 1. The fourth-order valence-corrected chi connectivity index (χ4v) is 0.715. The Hall–Kier alpha value is -1.62. The van der Waals surface area contributed by atoms with Crippen molar-refractivity contribution in [1.82, 2.24) is 4.98 Å². The van der Waals surface area contributed by atoms with E-state index in [-0.39, 0.29) is 6.61 Å². The number of aliphatic hydroxyl groups is 1. The van der Waals surface area contributed by atoms with E-state index in [1.807, 2.05) is 0 Å². The highest BCUT2D eigenvalue weighted by molar-refractivity contribution is 5.82. The van der Waals surface area contributed by atoms with Gasteiger partial charge in [-0.05, 0) is 12.1 Å². The number of hydrogen-bond donors (Lipinski definition) is 3. The molecule has 0 aliphatic rings. The smallest absolute Gasteiger partial charge is 0.409 e. The van der Waals surface area contributed by atoms with Crippen LogP contribution in [0.15, 0.2) is 18.3 Å². The number of amides is 1. The highest BCUT2D eigenvalue weighted by atomic mass is 16.4. The predicted molar refractivity (Wildman–Crippen MR) is 41.8 cm³/mol. The molecule has 12 heavy (non-hydrogen) atoms. The summed E-state index contributed by atoms with van der Waals surface area (Å²) in [5.74, 6) is 0. The van der Waals surface area contributed by atoms with Crippen molar-refractivity contribution in [3.05, 3.63) is 24.0 Å². The number of hydrogen-bond acceptors (Lipinski definition) is 3. The monoisotopic (exact) mass is 168 g/mol. The third kappa shape index (κ3) is 2.21. The lowest BCUT2D eigenvalue weighted by Crippen LogP contribution is -2.07. The van der Waals surface area contributed by atoms with E-state index in [0.717, 1.165) is 0 Å². The topological polar surface area (TPSA) is 82.5 Å². The van der Waals surface area contributed by atoms with Crippen molar-refractivity contribution in [2.75, 3.05) is 5.32 Å². The Morgan fingerprint density at radius 1 is 1.58 bits per heavy atom. The number of carbonyl (C=O) groups is 1. The Kier molecular flexibility index (Phi) is 2.60. The Morgan fingerprint density at radius 2 is 2.33 bits per heavy atom. The van der Waals surface area contributed by atoms with Gasteiger partial charge in [0.2, 0.25) is 0 Å². The molecular formula is C7H8N2O3. The zero-order chi connectivity index (χ0) is 8.97. The van der Waals surface area contributed by atoms with Crippen molar-refractivity contribution in [3.63, 3.8) is 0 Å². The van der Waals surface area contributed by atoms with Gasteiger partial charge in [-0.25, -0.2) is 4.79 Å².